The van der Waals surface area contributed by atoms with Crippen LogP contribution in [-0.4, -0.2) is 8.80 Å². The molecule has 0 aliphatic carbocycles. The maximum absolute atomic E-state index is 2.61. The second-order valence-electron chi connectivity index (χ2n) is 19.3. The van der Waals surface area contributed by atoms with Crippen molar-refractivity contribution in [1.82, 2.24) is 8.80 Å². The van der Waals surface area contributed by atoms with Gasteiger partial charge in [0.1, 0.15) is 0 Å². The molecule has 338 valence electrons. The standard InChI is InChI=1S/C68H46N4/c1-43-21-15-17-35-57(43)69(47-27-11-5-12-28-47)49-37-39-59-55(41-49)51-31-19-33-53-63-62(46-25-9-4-10-26-46)68-64(61(45-23-7-3-8-24-45)67(63)71(59)65(51)53)54-34-20-32-52-56-42-50(38-40-60(56)72(68)66(52)54)70(48-29-13-6-14-30-48)58-36-18-16-22-44(58)2/h3-42H,1-2H3. The van der Waals surface area contributed by atoms with Crippen molar-refractivity contribution in [3.63, 3.8) is 0 Å². The highest BCUT2D eigenvalue weighted by atomic mass is 15.2. The molecule has 0 aliphatic rings. The normalized spacial score (nSPS) is 12.0. The molecule has 0 bridgehead atoms. The Bertz CT molecular complexity index is 4280. The van der Waals surface area contributed by atoms with Crippen LogP contribution < -0.4 is 9.80 Å². The molecule has 4 heteroatoms. The second kappa shape index (κ2) is 15.6. The minimum Gasteiger partial charge on any atom is -0.310 e. The van der Waals surface area contributed by atoms with Crippen molar-refractivity contribution in [3.8, 4) is 22.3 Å². The number of para-hydroxylation sites is 6. The van der Waals surface area contributed by atoms with Crippen molar-refractivity contribution in [3.05, 3.63) is 254 Å². The summed E-state index contributed by atoms with van der Waals surface area (Å²) in [6.07, 6.45) is 0. The van der Waals surface area contributed by atoms with Crippen molar-refractivity contribution in [1.29, 1.82) is 0 Å². The molecule has 0 N–H and O–H groups in total. The Labute approximate surface area is 416 Å². The SMILES string of the molecule is Cc1ccccc1N(c1ccccc1)c1ccc2c(c1)c1cccc3c4c(-c5ccccc5)c5c(c(-c6ccccc6)c4n2c13)c1cccc2c3cc(N(c4ccccc4)c4ccccc4C)ccc3n5c21. The minimum absolute atomic E-state index is 1.13. The van der Waals surface area contributed by atoms with Gasteiger partial charge in [0.15, 0.2) is 0 Å². The van der Waals surface area contributed by atoms with Crippen molar-refractivity contribution >= 4 is 110 Å². The summed E-state index contributed by atoms with van der Waals surface area (Å²) in [6, 6.07) is 89.4. The van der Waals surface area contributed by atoms with Gasteiger partial charge in [-0.05, 0) is 109 Å². The van der Waals surface area contributed by atoms with Gasteiger partial charge in [-0.2, -0.15) is 0 Å². The van der Waals surface area contributed by atoms with Crippen LogP contribution in [0.5, 0.6) is 0 Å². The first-order valence-electron chi connectivity index (χ1n) is 24.9. The number of anilines is 6. The van der Waals surface area contributed by atoms with Crippen LogP contribution in [0.1, 0.15) is 11.1 Å². The Morgan fingerprint density at radius 1 is 0.278 bits per heavy atom. The van der Waals surface area contributed by atoms with E-state index in [0.717, 1.165) is 22.7 Å². The molecule has 0 saturated heterocycles. The Morgan fingerprint density at radius 3 is 1.04 bits per heavy atom. The number of benzene rings is 11. The fourth-order valence-electron chi connectivity index (χ4n) is 12.4. The summed E-state index contributed by atoms with van der Waals surface area (Å²) in [5.74, 6) is 0. The van der Waals surface area contributed by atoms with Crippen LogP contribution in [0.25, 0.3) is 98.4 Å². The first-order valence-corrected chi connectivity index (χ1v) is 24.9. The van der Waals surface area contributed by atoms with Gasteiger partial charge in [0, 0.05) is 88.3 Å². The zero-order chi connectivity index (χ0) is 47.6. The molecule has 0 amide bonds. The third-order valence-corrected chi connectivity index (χ3v) is 15.4. The van der Waals surface area contributed by atoms with E-state index in [1.807, 2.05) is 0 Å². The smallest absolute Gasteiger partial charge is 0.0634 e. The molecule has 0 atom stereocenters. The van der Waals surface area contributed by atoms with E-state index in [1.165, 1.54) is 121 Å². The van der Waals surface area contributed by atoms with Crippen molar-refractivity contribution in [2.24, 2.45) is 0 Å². The van der Waals surface area contributed by atoms with Gasteiger partial charge in [0.05, 0.1) is 33.1 Å². The molecule has 11 aromatic carbocycles. The average Bonchev–Trinajstić information content (AvgIpc) is 4.17. The van der Waals surface area contributed by atoms with Gasteiger partial charge in [0.2, 0.25) is 0 Å². The van der Waals surface area contributed by atoms with E-state index in [9.17, 15) is 0 Å². The lowest BCUT2D eigenvalue weighted by atomic mass is 9.89. The average molecular weight is 919 g/mol. The van der Waals surface area contributed by atoms with Crippen LogP contribution in [0, 0.1) is 13.8 Å². The summed E-state index contributed by atoms with van der Waals surface area (Å²) in [5.41, 5.74) is 21.5. The van der Waals surface area contributed by atoms with Gasteiger partial charge in [-0.1, -0.05) is 170 Å². The van der Waals surface area contributed by atoms with E-state index < -0.39 is 0 Å². The van der Waals surface area contributed by atoms with Gasteiger partial charge in [-0.3, -0.25) is 0 Å². The highest BCUT2D eigenvalue weighted by molar-refractivity contribution is 6.38. The molecule has 0 radical (unpaired) electrons. The monoisotopic (exact) mass is 918 g/mol. The van der Waals surface area contributed by atoms with Crippen molar-refractivity contribution < 1.29 is 0 Å². The Balaban J connectivity index is 1.09. The molecule has 72 heavy (non-hydrogen) atoms. The molecular formula is C68H46N4. The number of fused-ring (bicyclic) bond motifs is 12. The van der Waals surface area contributed by atoms with Gasteiger partial charge in [-0.15, -0.1) is 0 Å². The zero-order valence-electron chi connectivity index (χ0n) is 39.9. The fourth-order valence-corrected chi connectivity index (χ4v) is 12.4. The van der Waals surface area contributed by atoms with E-state index in [-0.39, 0.29) is 0 Å². The van der Waals surface area contributed by atoms with Gasteiger partial charge in [-0.25, -0.2) is 0 Å². The summed E-state index contributed by atoms with van der Waals surface area (Å²) >= 11 is 0. The molecule has 0 aliphatic heterocycles. The number of nitrogens with zero attached hydrogens (tertiary/aromatic N) is 4. The Morgan fingerprint density at radius 2 is 0.639 bits per heavy atom. The third-order valence-electron chi connectivity index (χ3n) is 15.4. The molecule has 15 aromatic rings. The fraction of sp³-hybridized carbons (Fsp3) is 0.0294. The Hall–Kier alpha value is -9.38. The molecular weight excluding hydrogens is 873 g/mol. The van der Waals surface area contributed by atoms with Crippen LogP contribution in [-0.2, 0) is 0 Å². The topological polar surface area (TPSA) is 15.3 Å². The second-order valence-corrected chi connectivity index (χ2v) is 19.3. The van der Waals surface area contributed by atoms with Gasteiger partial charge < -0.3 is 18.6 Å². The third kappa shape index (κ3) is 5.69. The van der Waals surface area contributed by atoms with Gasteiger partial charge >= 0.3 is 0 Å². The molecule has 0 spiro atoms. The summed E-state index contributed by atoms with van der Waals surface area (Å²) in [6.45, 7) is 4.41. The highest BCUT2D eigenvalue weighted by Crippen LogP contribution is 2.55. The predicted octanol–water partition coefficient (Wildman–Crippen LogP) is 18.9. The number of rotatable bonds is 8. The van der Waals surface area contributed by atoms with E-state index in [2.05, 4.69) is 275 Å². The maximum atomic E-state index is 2.61. The number of aromatic nitrogens is 2. The molecule has 4 heterocycles. The molecule has 0 saturated carbocycles. The summed E-state index contributed by atoms with van der Waals surface area (Å²) < 4.78 is 5.22. The van der Waals surface area contributed by atoms with Crippen LogP contribution in [0.3, 0.4) is 0 Å². The number of aryl methyl sites for hydroxylation is 2. The lowest BCUT2D eigenvalue weighted by Gasteiger charge is -2.27. The quantitative estimate of drug-likeness (QED) is 0.151. The van der Waals surface area contributed by atoms with Crippen LogP contribution in [0.2, 0.25) is 0 Å². The zero-order valence-corrected chi connectivity index (χ0v) is 39.9. The first-order chi connectivity index (χ1) is 35.6. The van der Waals surface area contributed by atoms with Gasteiger partial charge in [0.25, 0.3) is 0 Å². The molecule has 0 unspecified atom stereocenters. The minimum atomic E-state index is 1.13. The van der Waals surface area contributed by atoms with Crippen LogP contribution in [0.15, 0.2) is 243 Å². The van der Waals surface area contributed by atoms with E-state index >= 15 is 0 Å². The Kier molecular flexibility index (Phi) is 8.75. The maximum Gasteiger partial charge on any atom is 0.0634 e. The predicted molar refractivity (Wildman–Crippen MR) is 305 cm³/mol. The van der Waals surface area contributed by atoms with Crippen LogP contribution >= 0.6 is 0 Å². The lowest BCUT2D eigenvalue weighted by molar-refractivity contribution is 1.25. The summed E-state index contributed by atoms with van der Waals surface area (Å²) in [7, 11) is 0. The number of hydrogen-bond acceptors (Lipinski definition) is 2. The van der Waals surface area contributed by atoms with Crippen LogP contribution in [0.4, 0.5) is 34.1 Å². The van der Waals surface area contributed by atoms with Crippen molar-refractivity contribution in [2.75, 3.05) is 9.80 Å². The molecule has 4 aromatic heterocycles. The highest BCUT2D eigenvalue weighted by Gasteiger charge is 2.31. The largest absolute Gasteiger partial charge is 0.310 e. The van der Waals surface area contributed by atoms with E-state index in [4.69, 9.17) is 0 Å². The van der Waals surface area contributed by atoms with E-state index in [0.29, 0.717) is 0 Å². The number of hydrogen-bond donors (Lipinski definition) is 0. The molecule has 4 nitrogen and oxygen atoms in total. The van der Waals surface area contributed by atoms with E-state index in [1.54, 1.807) is 0 Å². The summed E-state index contributed by atoms with van der Waals surface area (Å²) in [5, 5.41) is 9.99. The summed E-state index contributed by atoms with van der Waals surface area (Å²) in [4.78, 5) is 4.81. The lowest BCUT2D eigenvalue weighted by Crippen LogP contribution is -2.11. The molecule has 15 rings (SSSR count). The first kappa shape index (κ1) is 40.5. The van der Waals surface area contributed by atoms with Crippen molar-refractivity contribution in [2.45, 2.75) is 13.8 Å². The molecule has 0 fully saturated rings.